The van der Waals surface area contributed by atoms with Crippen LogP contribution >= 0.6 is 0 Å². The Balaban J connectivity index is 1.80. The van der Waals surface area contributed by atoms with Crippen molar-refractivity contribution in [3.63, 3.8) is 0 Å². The van der Waals surface area contributed by atoms with E-state index < -0.39 is 10.0 Å². The quantitative estimate of drug-likeness (QED) is 0.666. The fourth-order valence-electron chi connectivity index (χ4n) is 3.95. The molecule has 30 heavy (non-hydrogen) atoms. The minimum Gasteiger partial charge on any atom is -0.361 e. The van der Waals surface area contributed by atoms with E-state index in [1.54, 1.807) is 6.20 Å². The number of anilines is 2. The molecule has 2 N–H and O–H groups in total. The highest BCUT2D eigenvalue weighted by Crippen LogP contribution is 2.36. The molecule has 7 nitrogen and oxygen atoms in total. The Hall–Kier alpha value is -3.15. The van der Waals surface area contributed by atoms with Gasteiger partial charge < -0.3 is 10.3 Å². The van der Waals surface area contributed by atoms with E-state index in [0.29, 0.717) is 30.8 Å². The molecule has 2 aromatic heterocycles. The van der Waals surface area contributed by atoms with Gasteiger partial charge in [-0.2, -0.15) is 9.57 Å². The monoisotopic (exact) mass is 421 g/mol. The molecule has 0 unspecified atom stereocenters. The van der Waals surface area contributed by atoms with E-state index in [1.807, 2.05) is 44.3 Å². The Bertz CT molecular complexity index is 1320. The predicted molar refractivity (Wildman–Crippen MR) is 119 cm³/mol. The van der Waals surface area contributed by atoms with Crippen LogP contribution in [-0.2, 0) is 10.0 Å². The number of aromatic amines is 1. The highest BCUT2D eigenvalue weighted by atomic mass is 32.2. The van der Waals surface area contributed by atoms with Gasteiger partial charge in [-0.1, -0.05) is 6.08 Å². The number of pyridine rings is 1. The maximum absolute atomic E-state index is 11.9. The molecule has 8 heteroatoms. The standard InChI is InChI=1S/C22H23N5O2S/c1-14-18-6-9-24-20(18)5-4-19(14)26-22-17(12-23)13-25-15(2)21(22)16-7-10-27(11-8-16)30(3,28)29/h4-7,9,13,24H,8,10-11H2,1-3H3,(H,25,26). The van der Waals surface area contributed by atoms with E-state index in [4.69, 9.17) is 0 Å². The van der Waals surface area contributed by atoms with Gasteiger partial charge in [0, 0.05) is 53.3 Å². The number of hydrogen-bond donors (Lipinski definition) is 2. The zero-order chi connectivity index (χ0) is 21.5. The molecule has 4 rings (SSSR count). The third-order valence-corrected chi connectivity index (χ3v) is 6.88. The van der Waals surface area contributed by atoms with Crippen molar-refractivity contribution in [3.8, 4) is 6.07 Å². The lowest BCUT2D eigenvalue weighted by atomic mass is 9.95. The molecule has 154 valence electrons. The smallest absolute Gasteiger partial charge is 0.211 e. The van der Waals surface area contributed by atoms with Gasteiger partial charge in [-0.15, -0.1) is 0 Å². The molecule has 0 saturated carbocycles. The molecule has 0 atom stereocenters. The zero-order valence-electron chi connectivity index (χ0n) is 17.2. The van der Waals surface area contributed by atoms with E-state index in [0.717, 1.165) is 39.0 Å². The van der Waals surface area contributed by atoms with Crippen molar-refractivity contribution in [3.05, 3.63) is 59.1 Å². The number of benzene rings is 1. The number of H-pyrrole nitrogens is 1. The molecular weight excluding hydrogens is 398 g/mol. The second-order valence-electron chi connectivity index (χ2n) is 7.52. The summed E-state index contributed by atoms with van der Waals surface area (Å²) in [6, 6.07) is 8.28. The van der Waals surface area contributed by atoms with E-state index in [9.17, 15) is 13.7 Å². The molecule has 0 amide bonds. The lowest BCUT2D eigenvalue weighted by Crippen LogP contribution is -2.33. The van der Waals surface area contributed by atoms with Crippen LogP contribution in [0.5, 0.6) is 0 Å². The third kappa shape index (κ3) is 3.58. The summed E-state index contributed by atoms with van der Waals surface area (Å²) in [5.41, 5.74) is 6.89. The van der Waals surface area contributed by atoms with Gasteiger partial charge >= 0.3 is 0 Å². The number of sulfonamides is 1. The van der Waals surface area contributed by atoms with Crippen molar-refractivity contribution in [1.29, 1.82) is 5.26 Å². The van der Waals surface area contributed by atoms with Crippen molar-refractivity contribution < 1.29 is 8.42 Å². The van der Waals surface area contributed by atoms with Gasteiger partial charge in [0.05, 0.1) is 17.5 Å². The van der Waals surface area contributed by atoms with E-state index in [2.05, 4.69) is 21.4 Å². The van der Waals surface area contributed by atoms with Gasteiger partial charge in [-0.3, -0.25) is 4.98 Å². The zero-order valence-corrected chi connectivity index (χ0v) is 18.0. The SMILES string of the molecule is Cc1ncc(C#N)c(Nc2ccc3[nH]ccc3c2C)c1C1=CCN(S(C)(=O)=O)CC1. The van der Waals surface area contributed by atoms with Gasteiger partial charge in [0.25, 0.3) is 0 Å². The number of rotatable bonds is 4. The predicted octanol–water partition coefficient (Wildman–Crippen LogP) is 3.84. The number of aryl methyl sites for hydroxylation is 2. The van der Waals surface area contributed by atoms with Crippen LogP contribution in [0.15, 0.2) is 36.7 Å². The molecular formula is C22H23N5O2S. The molecule has 1 aromatic carbocycles. The third-order valence-electron chi connectivity index (χ3n) is 5.61. The Labute approximate surface area is 176 Å². The number of fused-ring (bicyclic) bond motifs is 1. The second kappa shape index (κ2) is 7.59. The molecule has 0 bridgehead atoms. The topological polar surface area (TPSA) is 102 Å². The van der Waals surface area contributed by atoms with Crippen molar-refractivity contribution in [1.82, 2.24) is 14.3 Å². The molecule has 3 heterocycles. The maximum Gasteiger partial charge on any atom is 0.211 e. The number of nitrogens with zero attached hydrogens (tertiary/aromatic N) is 3. The second-order valence-corrected chi connectivity index (χ2v) is 9.50. The molecule has 1 aliphatic heterocycles. The van der Waals surface area contributed by atoms with Gasteiger partial charge in [0.15, 0.2) is 0 Å². The van der Waals surface area contributed by atoms with E-state index >= 15 is 0 Å². The Morgan fingerprint density at radius 2 is 2.07 bits per heavy atom. The van der Waals surface area contributed by atoms with Crippen molar-refractivity contribution in [2.45, 2.75) is 20.3 Å². The van der Waals surface area contributed by atoms with Crippen molar-refractivity contribution >= 4 is 37.9 Å². The first kappa shape index (κ1) is 20.1. The fraction of sp³-hybridized carbons (Fsp3) is 0.273. The highest BCUT2D eigenvalue weighted by Gasteiger charge is 2.24. The van der Waals surface area contributed by atoms with Crippen molar-refractivity contribution in [2.75, 3.05) is 24.7 Å². The van der Waals surface area contributed by atoms with Gasteiger partial charge in [0.1, 0.15) is 6.07 Å². The van der Waals surface area contributed by atoms with E-state index in [1.165, 1.54) is 10.6 Å². The number of hydrogen-bond acceptors (Lipinski definition) is 5. The first-order valence-corrected chi connectivity index (χ1v) is 11.5. The molecule has 0 spiro atoms. The van der Waals surface area contributed by atoms with Crippen LogP contribution in [0.3, 0.4) is 0 Å². The summed E-state index contributed by atoms with van der Waals surface area (Å²) in [5.74, 6) is 0. The Morgan fingerprint density at radius 3 is 2.73 bits per heavy atom. The van der Waals surface area contributed by atoms with Gasteiger partial charge in [-0.25, -0.2) is 8.42 Å². The van der Waals surface area contributed by atoms with Crippen molar-refractivity contribution in [2.24, 2.45) is 0 Å². The number of nitrogens with one attached hydrogen (secondary N) is 2. The minimum atomic E-state index is -3.23. The average molecular weight is 422 g/mol. The number of aromatic nitrogens is 2. The summed E-state index contributed by atoms with van der Waals surface area (Å²) in [6.07, 6.45) is 7.20. The fourth-order valence-corrected chi connectivity index (χ4v) is 4.71. The van der Waals surface area contributed by atoms with Crippen LogP contribution in [0.1, 0.15) is 28.8 Å². The lowest BCUT2D eigenvalue weighted by Gasteiger charge is -2.26. The molecule has 0 saturated heterocycles. The Morgan fingerprint density at radius 1 is 1.27 bits per heavy atom. The molecule has 0 fully saturated rings. The molecule has 0 aliphatic carbocycles. The maximum atomic E-state index is 11.9. The van der Waals surface area contributed by atoms with Crippen LogP contribution in [0.4, 0.5) is 11.4 Å². The Kier molecular flexibility index (Phi) is 5.10. The van der Waals surface area contributed by atoms with Gasteiger partial charge in [0.2, 0.25) is 10.0 Å². The van der Waals surface area contributed by atoms with Crippen LogP contribution in [-0.4, -0.2) is 42.0 Å². The van der Waals surface area contributed by atoms with Crippen LogP contribution in [0.25, 0.3) is 16.5 Å². The number of nitriles is 1. The van der Waals surface area contributed by atoms with Crippen LogP contribution in [0, 0.1) is 25.2 Å². The largest absolute Gasteiger partial charge is 0.361 e. The van der Waals surface area contributed by atoms with Gasteiger partial charge in [-0.05, 0) is 49.6 Å². The lowest BCUT2D eigenvalue weighted by molar-refractivity contribution is 0.446. The molecule has 1 aliphatic rings. The molecule has 3 aromatic rings. The highest BCUT2D eigenvalue weighted by molar-refractivity contribution is 7.88. The van der Waals surface area contributed by atoms with E-state index in [-0.39, 0.29) is 0 Å². The summed E-state index contributed by atoms with van der Waals surface area (Å²) in [4.78, 5) is 7.63. The summed E-state index contributed by atoms with van der Waals surface area (Å²) in [5, 5.41) is 14.3. The first-order valence-electron chi connectivity index (χ1n) is 9.67. The summed E-state index contributed by atoms with van der Waals surface area (Å²) < 4.78 is 25.2. The molecule has 0 radical (unpaired) electrons. The summed E-state index contributed by atoms with van der Waals surface area (Å²) in [6.45, 7) is 4.68. The summed E-state index contributed by atoms with van der Waals surface area (Å²) >= 11 is 0. The average Bonchev–Trinajstić information content (AvgIpc) is 3.19. The first-order chi connectivity index (χ1) is 14.3. The normalized spacial score (nSPS) is 15.1. The summed E-state index contributed by atoms with van der Waals surface area (Å²) in [7, 11) is -3.23. The minimum absolute atomic E-state index is 0.318. The van der Waals surface area contributed by atoms with Crippen LogP contribution < -0.4 is 5.32 Å². The van der Waals surface area contributed by atoms with Crippen LogP contribution in [0.2, 0.25) is 0 Å².